The number of nitrogens with one attached hydrogen (secondary N) is 4. The summed E-state index contributed by atoms with van der Waals surface area (Å²) in [5.41, 5.74) is 2.97. The predicted octanol–water partition coefficient (Wildman–Crippen LogP) is 0.769. The lowest BCUT2D eigenvalue weighted by molar-refractivity contribution is -0.142. The van der Waals surface area contributed by atoms with Crippen LogP contribution in [0.15, 0.2) is 77.5 Å². The highest BCUT2D eigenvalue weighted by Gasteiger charge is 2.55. The van der Waals surface area contributed by atoms with Gasteiger partial charge in [-0.15, -0.1) is 5.01 Å². The number of ether oxygens (including phenoxy) is 2. The van der Waals surface area contributed by atoms with Gasteiger partial charge >= 0.3 is 24.1 Å². The number of furan rings is 1. The third-order valence-corrected chi connectivity index (χ3v) is 8.66. The Kier molecular flexibility index (Phi) is 16.2. The van der Waals surface area contributed by atoms with Gasteiger partial charge in [-0.1, -0.05) is 50.2 Å². The Morgan fingerprint density at radius 3 is 2.05 bits per heavy atom. The molecule has 0 bridgehead atoms. The van der Waals surface area contributed by atoms with Crippen LogP contribution in [-0.2, 0) is 62.7 Å². The minimum absolute atomic E-state index is 0.0256. The summed E-state index contributed by atoms with van der Waals surface area (Å²) in [6.07, 6.45) is -5.57. The maximum absolute atomic E-state index is 13.5. The highest BCUT2D eigenvalue weighted by Crippen LogP contribution is 2.28. The molecule has 2 aromatic heterocycles. The van der Waals surface area contributed by atoms with Crippen LogP contribution < -0.4 is 21.4 Å². The first-order valence-electron chi connectivity index (χ1n) is 18.3. The van der Waals surface area contributed by atoms with Crippen molar-refractivity contribution in [3.8, 4) is 0 Å². The van der Waals surface area contributed by atoms with E-state index >= 15 is 0 Å². The Hall–Kier alpha value is -7.36. The van der Waals surface area contributed by atoms with Crippen LogP contribution in [0.4, 0.5) is 9.59 Å². The lowest BCUT2D eigenvalue weighted by Gasteiger charge is -2.27. The monoisotopic (exact) mass is 837 g/mol. The Morgan fingerprint density at radius 1 is 0.767 bits per heavy atom. The van der Waals surface area contributed by atoms with E-state index in [1.807, 2.05) is 5.43 Å². The molecule has 0 saturated carbocycles. The molecular weight excluding hydrogens is 794 g/mol. The number of aliphatic carboxylic acids is 2. The average molecular weight is 838 g/mol. The third kappa shape index (κ3) is 13.6. The van der Waals surface area contributed by atoms with Gasteiger partial charge in [0.25, 0.3) is 17.7 Å². The molecule has 7 amide bonds. The number of epoxide rings is 1. The van der Waals surface area contributed by atoms with Crippen LogP contribution in [0.3, 0.4) is 0 Å². The van der Waals surface area contributed by atoms with Crippen LogP contribution in [-0.4, -0.2) is 114 Å². The minimum Gasteiger partial charge on any atom is -0.481 e. The molecule has 1 aliphatic rings. The van der Waals surface area contributed by atoms with Crippen LogP contribution in [0.5, 0.6) is 0 Å². The largest absolute Gasteiger partial charge is 0.481 e. The number of nitrogens with zero attached hydrogens (tertiary/aromatic N) is 3. The number of hydrogen-bond donors (Lipinski definition) is 7. The summed E-state index contributed by atoms with van der Waals surface area (Å²) in [4.78, 5) is 120. The van der Waals surface area contributed by atoms with Crippen LogP contribution in [0.25, 0.3) is 0 Å². The summed E-state index contributed by atoms with van der Waals surface area (Å²) in [6.45, 7) is 2.56. The first-order valence-corrected chi connectivity index (χ1v) is 18.3. The molecule has 320 valence electrons. The zero-order valence-electron chi connectivity index (χ0n) is 32.2. The average Bonchev–Trinajstić information content (AvgIpc) is 3.84. The molecule has 0 spiro atoms. The minimum atomic E-state index is -1.98. The lowest BCUT2D eigenvalue weighted by atomic mass is 10.0. The van der Waals surface area contributed by atoms with Gasteiger partial charge in [-0.3, -0.25) is 44.0 Å². The Labute approximate surface area is 341 Å². The fraction of sp³-hybridized carbons (Fsp3) is 0.368. The number of carbonyl (C=O) groups is 9. The van der Waals surface area contributed by atoms with Gasteiger partial charge in [0.15, 0.2) is 12.2 Å². The first-order chi connectivity index (χ1) is 28.5. The van der Waals surface area contributed by atoms with Crippen molar-refractivity contribution in [2.75, 3.05) is 0 Å². The summed E-state index contributed by atoms with van der Waals surface area (Å²) in [5.74, 6) is -9.03. The van der Waals surface area contributed by atoms with E-state index in [0.717, 1.165) is 0 Å². The van der Waals surface area contributed by atoms with Crippen LogP contribution in [0, 0.1) is 5.92 Å². The van der Waals surface area contributed by atoms with Gasteiger partial charge in [-0.05, 0) is 42.2 Å². The van der Waals surface area contributed by atoms with Crippen LogP contribution >= 0.6 is 0 Å². The van der Waals surface area contributed by atoms with Crippen molar-refractivity contribution in [2.24, 2.45) is 5.92 Å². The van der Waals surface area contributed by atoms with Gasteiger partial charge in [-0.25, -0.2) is 9.59 Å². The Bertz CT molecular complexity index is 2010. The smallest absolute Gasteiger partial charge is 0.433 e. The van der Waals surface area contributed by atoms with Crippen molar-refractivity contribution in [1.29, 1.82) is 0 Å². The summed E-state index contributed by atoms with van der Waals surface area (Å²) >= 11 is 0. The highest BCUT2D eigenvalue weighted by atomic mass is 16.6. The molecule has 3 aromatic rings. The molecule has 0 aliphatic carbocycles. The molecule has 1 saturated heterocycles. The summed E-state index contributed by atoms with van der Waals surface area (Å²) in [6, 6.07) is 11.5. The Morgan fingerprint density at radius 2 is 1.45 bits per heavy atom. The second-order valence-corrected chi connectivity index (χ2v) is 13.6. The van der Waals surface area contributed by atoms with Gasteiger partial charge < -0.3 is 50.1 Å². The van der Waals surface area contributed by atoms with Crippen LogP contribution in [0.2, 0.25) is 0 Å². The van der Waals surface area contributed by atoms with Gasteiger partial charge in [0.1, 0.15) is 30.5 Å². The molecule has 1 aromatic carbocycles. The van der Waals surface area contributed by atoms with Crippen molar-refractivity contribution in [3.05, 3.63) is 90.1 Å². The number of carbonyl (C=O) groups excluding carboxylic acids is 6. The van der Waals surface area contributed by atoms with Gasteiger partial charge in [0, 0.05) is 12.6 Å². The number of pyridine rings is 1. The van der Waals surface area contributed by atoms with Crippen molar-refractivity contribution in [3.63, 3.8) is 0 Å². The number of hydrogen-bond acceptors (Lipinski definition) is 13. The fourth-order valence-electron chi connectivity index (χ4n) is 5.55. The number of carboxylic acids is 2. The molecule has 4 rings (SSSR count). The van der Waals surface area contributed by atoms with E-state index in [0.29, 0.717) is 17.0 Å². The number of amides is 7. The highest BCUT2D eigenvalue weighted by molar-refractivity contribution is 6.02. The van der Waals surface area contributed by atoms with E-state index in [4.69, 9.17) is 13.9 Å². The molecule has 3 heterocycles. The molecule has 1 aliphatic heterocycles. The number of rotatable bonds is 20. The third-order valence-electron chi connectivity index (χ3n) is 8.66. The van der Waals surface area contributed by atoms with Gasteiger partial charge in [-0.2, -0.15) is 0 Å². The second-order valence-electron chi connectivity index (χ2n) is 13.6. The number of aromatic nitrogens is 1. The number of hydrazine groups is 1. The standard InChI is InChI=1S/C38H43N7O15/c1-21(2)29(42-32(50)25(13-14-27(46)47)40-33(51)26(17-28(48)49)41-37(55)59-20-22-9-4-3-5-10-22)34(52)43-45(38(56)57)36(54)31-30(60-31)35(53)44(19-24-12-8-16-58-24)18-23-11-6-7-15-39-23/h3-12,15-16,21,25-26,29-31H,13-14,17-20H2,1-2H3,(H,40,51)(H,41,55)(H,42,50)(H,43,52)(H,46,47)(H,48,49)(H,56,57)/t25-,26-,29-,30?,31?/m0/s1. The zero-order valence-corrected chi connectivity index (χ0v) is 32.2. The molecule has 7 N–H and O–H groups in total. The van der Waals surface area contributed by atoms with E-state index in [2.05, 4.69) is 20.9 Å². The Balaban J connectivity index is 1.42. The number of carboxylic acid groups (broad SMARTS) is 3. The zero-order chi connectivity index (χ0) is 43.9. The first kappa shape index (κ1) is 45.3. The van der Waals surface area contributed by atoms with Crippen molar-refractivity contribution in [1.82, 2.24) is 36.3 Å². The van der Waals surface area contributed by atoms with Crippen molar-refractivity contribution < 1.29 is 72.4 Å². The number of alkyl carbamates (subject to hydrolysis) is 1. The molecule has 0 radical (unpaired) electrons. The summed E-state index contributed by atoms with van der Waals surface area (Å²) < 4.78 is 15.7. The summed E-state index contributed by atoms with van der Waals surface area (Å²) in [7, 11) is 0. The molecule has 2 unspecified atom stereocenters. The van der Waals surface area contributed by atoms with E-state index in [1.54, 1.807) is 60.7 Å². The maximum atomic E-state index is 13.5. The van der Waals surface area contributed by atoms with Crippen LogP contribution in [0.1, 0.15) is 50.1 Å². The SMILES string of the molecule is CC(C)[C@H](NC(=O)[C@H](CCC(=O)O)NC(=O)[C@H](CC(=O)O)NC(=O)OCc1ccccc1)C(=O)NN(C(=O)O)C(=O)C1OC1C(=O)N(Cc1ccccn1)Cc1ccco1. The maximum Gasteiger partial charge on any atom is 0.433 e. The topological polar surface area (TPSA) is 317 Å². The molecule has 5 atom stereocenters. The van der Waals surface area contributed by atoms with Crippen molar-refractivity contribution >= 4 is 53.7 Å². The number of benzene rings is 1. The molecule has 60 heavy (non-hydrogen) atoms. The molecule has 1 fully saturated rings. The quantitative estimate of drug-likeness (QED) is 0.0610. The normalized spacial score (nSPS) is 15.6. The van der Waals surface area contributed by atoms with Crippen molar-refractivity contribution in [2.45, 2.75) is 83.1 Å². The van der Waals surface area contributed by atoms with E-state index < -0.39 is 109 Å². The summed E-state index contributed by atoms with van der Waals surface area (Å²) in [5, 5.41) is 35.1. The number of imide groups is 1. The second kappa shape index (κ2) is 21.4. The van der Waals surface area contributed by atoms with E-state index in [1.165, 1.54) is 31.2 Å². The van der Waals surface area contributed by atoms with E-state index in [-0.39, 0.29) is 24.7 Å². The van der Waals surface area contributed by atoms with Gasteiger partial charge in [0.05, 0.1) is 31.5 Å². The van der Waals surface area contributed by atoms with Gasteiger partial charge in [0.2, 0.25) is 11.8 Å². The molecule has 22 heteroatoms. The lowest BCUT2D eigenvalue weighted by Crippen LogP contribution is -2.61. The van der Waals surface area contributed by atoms with E-state index in [9.17, 15) is 58.5 Å². The molecular formula is C38H43N7O15. The predicted molar refractivity (Wildman–Crippen MR) is 200 cm³/mol. The fourth-order valence-corrected chi connectivity index (χ4v) is 5.55. The molecule has 22 nitrogen and oxygen atoms in total.